The zero-order chi connectivity index (χ0) is 20.2. The number of ether oxygens (including phenoxy) is 1. The number of aromatic nitrogens is 4. The van der Waals surface area contributed by atoms with Crippen molar-refractivity contribution in [2.24, 2.45) is 0 Å². The van der Waals surface area contributed by atoms with E-state index >= 15 is 0 Å². The molecule has 0 saturated carbocycles. The lowest BCUT2D eigenvalue weighted by atomic mass is 10.2. The largest absolute Gasteiger partial charge is 0.371 e. The van der Waals surface area contributed by atoms with Gasteiger partial charge in [0.1, 0.15) is 24.3 Å². The van der Waals surface area contributed by atoms with Gasteiger partial charge in [-0.15, -0.1) is 0 Å². The number of hydrogen-bond acceptors (Lipinski definition) is 8. The Hall–Kier alpha value is -3.07. The molecule has 3 heterocycles. The summed E-state index contributed by atoms with van der Waals surface area (Å²) in [6.45, 7) is 5.29. The van der Waals surface area contributed by atoms with Crippen LogP contribution in [0, 0.1) is 0 Å². The summed E-state index contributed by atoms with van der Waals surface area (Å²) in [7, 11) is 0. The summed E-state index contributed by atoms with van der Waals surface area (Å²) in [5.74, 6) is 1.55. The molecule has 2 aromatic heterocycles. The fourth-order valence-corrected chi connectivity index (χ4v) is 3.62. The SMILES string of the molecule is CCO[C@@H](C)c1noc(CNC(=O)[C@H]2CCCN2c2ncnc3ccccc23)n1. The van der Waals surface area contributed by atoms with Crippen molar-refractivity contribution in [3.63, 3.8) is 0 Å². The smallest absolute Gasteiger partial charge is 0.246 e. The van der Waals surface area contributed by atoms with E-state index in [4.69, 9.17) is 9.26 Å². The van der Waals surface area contributed by atoms with E-state index in [2.05, 4.69) is 30.3 Å². The molecule has 1 N–H and O–H groups in total. The Bertz CT molecular complexity index is 986. The Morgan fingerprint density at radius 3 is 3.10 bits per heavy atom. The third-order valence-corrected chi connectivity index (χ3v) is 5.03. The minimum atomic E-state index is -0.293. The molecule has 1 aromatic carbocycles. The Morgan fingerprint density at radius 1 is 1.38 bits per heavy atom. The van der Waals surface area contributed by atoms with Crippen molar-refractivity contribution < 1.29 is 14.1 Å². The Kier molecular flexibility index (Phi) is 5.66. The van der Waals surface area contributed by atoms with Gasteiger partial charge < -0.3 is 19.5 Å². The maximum Gasteiger partial charge on any atom is 0.246 e. The molecule has 1 fully saturated rings. The van der Waals surface area contributed by atoms with E-state index in [1.165, 1.54) is 0 Å². The molecule has 1 saturated heterocycles. The predicted octanol–water partition coefficient (Wildman–Crippen LogP) is 2.40. The van der Waals surface area contributed by atoms with Crippen molar-refractivity contribution in [3.8, 4) is 0 Å². The number of fused-ring (bicyclic) bond motifs is 1. The molecular formula is C20H24N6O3. The summed E-state index contributed by atoms with van der Waals surface area (Å²) in [5, 5.41) is 7.77. The van der Waals surface area contributed by atoms with Crippen LogP contribution >= 0.6 is 0 Å². The molecule has 9 heteroatoms. The summed E-state index contributed by atoms with van der Waals surface area (Å²) in [4.78, 5) is 28.0. The molecule has 0 spiro atoms. The highest BCUT2D eigenvalue weighted by Crippen LogP contribution is 2.29. The van der Waals surface area contributed by atoms with E-state index in [1.807, 2.05) is 38.1 Å². The van der Waals surface area contributed by atoms with Crippen LogP contribution in [0.2, 0.25) is 0 Å². The normalized spacial score (nSPS) is 17.6. The number of nitrogens with zero attached hydrogens (tertiary/aromatic N) is 5. The van der Waals surface area contributed by atoms with E-state index in [0.717, 1.165) is 36.1 Å². The molecule has 3 aromatic rings. The van der Waals surface area contributed by atoms with E-state index in [-0.39, 0.29) is 24.6 Å². The summed E-state index contributed by atoms with van der Waals surface area (Å²) >= 11 is 0. The van der Waals surface area contributed by atoms with Crippen LogP contribution in [0.15, 0.2) is 35.1 Å². The van der Waals surface area contributed by atoms with Crippen LogP contribution in [0.1, 0.15) is 44.5 Å². The first kappa shape index (κ1) is 19.3. The highest BCUT2D eigenvalue weighted by molar-refractivity contribution is 5.93. The van der Waals surface area contributed by atoms with Gasteiger partial charge in [0, 0.05) is 18.5 Å². The monoisotopic (exact) mass is 396 g/mol. The predicted molar refractivity (Wildman–Crippen MR) is 106 cm³/mol. The summed E-state index contributed by atoms with van der Waals surface area (Å²) in [5.41, 5.74) is 0.866. The zero-order valence-corrected chi connectivity index (χ0v) is 16.5. The second-order valence-corrected chi connectivity index (χ2v) is 6.93. The molecular weight excluding hydrogens is 372 g/mol. The fraction of sp³-hybridized carbons (Fsp3) is 0.450. The van der Waals surface area contributed by atoms with E-state index in [1.54, 1.807) is 6.33 Å². The number of nitrogens with one attached hydrogen (secondary N) is 1. The lowest BCUT2D eigenvalue weighted by Crippen LogP contribution is -2.43. The minimum absolute atomic E-state index is 0.0807. The lowest BCUT2D eigenvalue weighted by molar-refractivity contribution is -0.122. The molecule has 29 heavy (non-hydrogen) atoms. The first-order valence-electron chi connectivity index (χ1n) is 9.85. The Morgan fingerprint density at radius 2 is 2.24 bits per heavy atom. The van der Waals surface area contributed by atoms with Gasteiger partial charge in [-0.3, -0.25) is 4.79 Å². The van der Waals surface area contributed by atoms with Crippen molar-refractivity contribution >= 4 is 22.6 Å². The van der Waals surface area contributed by atoms with Crippen LogP contribution < -0.4 is 10.2 Å². The van der Waals surface area contributed by atoms with Gasteiger partial charge in [0.15, 0.2) is 5.82 Å². The van der Waals surface area contributed by atoms with E-state index in [0.29, 0.717) is 18.3 Å². The van der Waals surface area contributed by atoms with Gasteiger partial charge in [-0.25, -0.2) is 9.97 Å². The highest BCUT2D eigenvalue weighted by atomic mass is 16.5. The molecule has 4 rings (SSSR count). The number of hydrogen-bond donors (Lipinski definition) is 1. The maximum absolute atomic E-state index is 12.9. The second-order valence-electron chi connectivity index (χ2n) is 6.93. The molecule has 0 unspecified atom stereocenters. The Labute approximate surface area is 168 Å². The second kappa shape index (κ2) is 8.52. The van der Waals surface area contributed by atoms with Crippen LogP contribution in [0.4, 0.5) is 5.82 Å². The quantitative estimate of drug-likeness (QED) is 0.649. The number of benzene rings is 1. The van der Waals surface area contributed by atoms with E-state index < -0.39 is 0 Å². The number of amides is 1. The van der Waals surface area contributed by atoms with Crippen molar-refractivity contribution in [1.82, 2.24) is 25.4 Å². The molecule has 9 nitrogen and oxygen atoms in total. The van der Waals surface area contributed by atoms with Gasteiger partial charge in [-0.05, 0) is 38.8 Å². The van der Waals surface area contributed by atoms with Gasteiger partial charge in [0.2, 0.25) is 11.8 Å². The van der Waals surface area contributed by atoms with E-state index in [9.17, 15) is 4.79 Å². The lowest BCUT2D eigenvalue weighted by Gasteiger charge is -2.25. The van der Waals surface area contributed by atoms with Gasteiger partial charge >= 0.3 is 0 Å². The molecule has 1 amide bonds. The highest BCUT2D eigenvalue weighted by Gasteiger charge is 2.32. The minimum Gasteiger partial charge on any atom is -0.371 e. The Balaban J connectivity index is 1.44. The summed E-state index contributed by atoms with van der Waals surface area (Å²) in [6.07, 6.45) is 2.99. The third kappa shape index (κ3) is 4.04. The van der Waals surface area contributed by atoms with Gasteiger partial charge in [0.25, 0.3) is 0 Å². The average Bonchev–Trinajstić information content (AvgIpc) is 3.41. The molecule has 0 aliphatic carbocycles. The molecule has 1 aliphatic heterocycles. The van der Waals surface area contributed by atoms with Crippen molar-refractivity contribution in [2.45, 2.75) is 45.4 Å². The average molecular weight is 396 g/mol. The fourth-order valence-electron chi connectivity index (χ4n) is 3.62. The molecule has 0 radical (unpaired) electrons. The third-order valence-electron chi connectivity index (χ3n) is 5.03. The number of rotatable bonds is 7. The molecule has 152 valence electrons. The summed E-state index contributed by atoms with van der Waals surface area (Å²) in [6, 6.07) is 7.53. The standard InChI is InChI=1S/C20H24N6O3/c1-3-28-13(2)18-24-17(29-25-18)11-21-20(27)16-9-6-10-26(16)19-14-7-4-5-8-15(14)22-12-23-19/h4-5,7-8,12-13,16H,3,6,9-11H2,1-2H3,(H,21,27)/t13-,16+/m0/s1. The zero-order valence-electron chi connectivity index (χ0n) is 16.5. The van der Waals surface area contributed by atoms with Crippen molar-refractivity contribution in [3.05, 3.63) is 42.3 Å². The molecule has 1 aliphatic rings. The number of carbonyl (C=O) groups excluding carboxylic acids is 1. The van der Waals surface area contributed by atoms with Gasteiger partial charge in [-0.2, -0.15) is 4.98 Å². The molecule has 2 atom stereocenters. The first-order valence-corrected chi connectivity index (χ1v) is 9.85. The first-order chi connectivity index (χ1) is 14.2. The molecule has 0 bridgehead atoms. The van der Waals surface area contributed by atoms with Crippen LogP contribution in [0.5, 0.6) is 0 Å². The van der Waals surface area contributed by atoms with Gasteiger partial charge in [-0.1, -0.05) is 17.3 Å². The van der Waals surface area contributed by atoms with Crippen molar-refractivity contribution in [1.29, 1.82) is 0 Å². The van der Waals surface area contributed by atoms with Crippen LogP contribution in [0.3, 0.4) is 0 Å². The van der Waals surface area contributed by atoms with Gasteiger partial charge in [0.05, 0.1) is 12.1 Å². The number of anilines is 1. The number of carbonyl (C=O) groups is 1. The van der Waals surface area contributed by atoms with Crippen LogP contribution in [-0.2, 0) is 16.1 Å². The maximum atomic E-state index is 12.9. The summed E-state index contributed by atoms with van der Waals surface area (Å²) < 4.78 is 10.7. The number of para-hydroxylation sites is 1. The van der Waals surface area contributed by atoms with Crippen LogP contribution in [-0.4, -0.2) is 45.2 Å². The topological polar surface area (TPSA) is 106 Å². The van der Waals surface area contributed by atoms with Crippen molar-refractivity contribution in [2.75, 3.05) is 18.1 Å². The van der Waals surface area contributed by atoms with Crippen LogP contribution in [0.25, 0.3) is 10.9 Å².